The Balaban J connectivity index is 2.53. The molecule has 17 heavy (non-hydrogen) atoms. The zero-order valence-corrected chi connectivity index (χ0v) is 11.6. The van der Waals surface area contributed by atoms with Crippen LogP contribution in [0.2, 0.25) is 5.02 Å². The van der Waals surface area contributed by atoms with Gasteiger partial charge in [-0.15, -0.1) is 11.6 Å². The summed E-state index contributed by atoms with van der Waals surface area (Å²) in [7, 11) is 0. The van der Waals surface area contributed by atoms with Crippen LogP contribution in [0.3, 0.4) is 0 Å². The minimum Gasteiger partial charge on any atom is -0.238 e. The van der Waals surface area contributed by atoms with Crippen LogP contribution in [-0.2, 0) is 5.88 Å². The fourth-order valence-electron chi connectivity index (χ4n) is 1.75. The lowest BCUT2D eigenvalue weighted by atomic mass is 10.2. The number of aryl methyl sites for hydroxylation is 1. The molecule has 90 valence electrons. The summed E-state index contributed by atoms with van der Waals surface area (Å²) in [5.41, 5.74) is 5.30. The monoisotopic (exact) mass is 268 g/mol. The van der Waals surface area contributed by atoms with Crippen LogP contribution in [0.1, 0.15) is 22.5 Å². The fraction of sp³-hybridized carbons (Fsp3) is 0.308. The summed E-state index contributed by atoms with van der Waals surface area (Å²) in [5.74, 6) is 0.426. The molecule has 1 heterocycles. The molecule has 0 radical (unpaired) electrons. The van der Waals surface area contributed by atoms with Gasteiger partial charge in [-0.3, -0.25) is 0 Å². The molecule has 2 rings (SSSR count). The van der Waals surface area contributed by atoms with Crippen molar-refractivity contribution in [2.45, 2.75) is 26.7 Å². The molecule has 0 saturated heterocycles. The molecule has 0 N–H and O–H groups in total. The van der Waals surface area contributed by atoms with Gasteiger partial charge in [-0.25, -0.2) is 4.68 Å². The van der Waals surface area contributed by atoms with Crippen molar-refractivity contribution in [2.24, 2.45) is 0 Å². The van der Waals surface area contributed by atoms with E-state index in [1.165, 1.54) is 5.56 Å². The summed E-state index contributed by atoms with van der Waals surface area (Å²) in [6, 6.07) is 5.83. The molecule has 0 aliphatic heterocycles. The Bertz CT molecular complexity index is 559. The fourth-order valence-corrected chi connectivity index (χ4v) is 2.29. The SMILES string of the molecule is Cc1nn(-c2ccc(CCl)c(Cl)c2)c(C)c1C. The van der Waals surface area contributed by atoms with Crippen LogP contribution in [0.15, 0.2) is 18.2 Å². The van der Waals surface area contributed by atoms with Crippen molar-refractivity contribution < 1.29 is 0 Å². The van der Waals surface area contributed by atoms with Crippen molar-refractivity contribution in [1.82, 2.24) is 9.78 Å². The summed E-state index contributed by atoms with van der Waals surface area (Å²) in [6.45, 7) is 6.13. The molecule has 4 heteroatoms. The lowest BCUT2D eigenvalue weighted by Crippen LogP contribution is -1.99. The van der Waals surface area contributed by atoms with E-state index in [2.05, 4.69) is 18.9 Å². The van der Waals surface area contributed by atoms with E-state index < -0.39 is 0 Å². The topological polar surface area (TPSA) is 17.8 Å². The van der Waals surface area contributed by atoms with Crippen LogP contribution < -0.4 is 0 Å². The quantitative estimate of drug-likeness (QED) is 0.747. The van der Waals surface area contributed by atoms with Crippen LogP contribution in [0.25, 0.3) is 5.69 Å². The van der Waals surface area contributed by atoms with Gasteiger partial charge >= 0.3 is 0 Å². The van der Waals surface area contributed by atoms with Crippen LogP contribution in [0.4, 0.5) is 0 Å². The number of hydrogen-bond acceptors (Lipinski definition) is 1. The van der Waals surface area contributed by atoms with Crippen LogP contribution >= 0.6 is 23.2 Å². The number of benzene rings is 1. The Hall–Kier alpha value is -0.990. The standard InChI is InChI=1S/C13H14Cl2N2/c1-8-9(2)16-17(10(8)3)12-5-4-11(7-14)13(15)6-12/h4-6H,7H2,1-3H3. The number of nitrogens with zero attached hydrogens (tertiary/aromatic N) is 2. The molecule has 0 atom stereocenters. The molecule has 0 amide bonds. The Morgan fingerprint density at radius 2 is 1.94 bits per heavy atom. The lowest BCUT2D eigenvalue weighted by Gasteiger charge is -2.07. The number of halogens is 2. The largest absolute Gasteiger partial charge is 0.238 e. The highest BCUT2D eigenvalue weighted by Crippen LogP contribution is 2.23. The molecule has 0 unspecified atom stereocenters. The van der Waals surface area contributed by atoms with Gasteiger partial charge in [0, 0.05) is 16.6 Å². The maximum Gasteiger partial charge on any atom is 0.0663 e. The highest BCUT2D eigenvalue weighted by molar-refractivity contribution is 6.32. The first-order valence-electron chi connectivity index (χ1n) is 5.42. The molecule has 0 spiro atoms. The smallest absolute Gasteiger partial charge is 0.0663 e. The van der Waals surface area contributed by atoms with Crippen molar-refractivity contribution in [1.29, 1.82) is 0 Å². The minimum atomic E-state index is 0.426. The number of hydrogen-bond donors (Lipinski definition) is 0. The lowest BCUT2D eigenvalue weighted by molar-refractivity contribution is 0.833. The van der Waals surface area contributed by atoms with Gasteiger partial charge in [0.25, 0.3) is 0 Å². The molecular weight excluding hydrogens is 255 g/mol. The average molecular weight is 269 g/mol. The normalized spacial score (nSPS) is 10.9. The van der Waals surface area contributed by atoms with E-state index in [-0.39, 0.29) is 0 Å². The Morgan fingerprint density at radius 3 is 2.41 bits per heavy atom. The number of aromatic nitrogens is 2. The second-order valence-corrected chi connectivity index (χ2v) is 4.79. The van der Waals surface area contributed by atoms with Crippen LogP contribution in [0, 0.1) is 20.8 Å². The summed E-state index contributed by atoms with van der Waals surface area (Å²) in [4.78, 5) is 0. The third-order valence-corrected chi connectivity index (χ3v) is 3.72. The van der Waals surface area contributed by atoms with Gasteiger partial charge in [0.2, 0.25) is 0 Å². The molecule has 0 fully saturated rings. The third-order valence-electron chi connectivity index (χ3n) is 3.08. The van der Waals surface area contributed by atoms with Crippen molar-refractivity contribution in [2.75, 3.05) is 0 Å². The van der Waals surface area contributed by atoms with E-state index in [1.807, 2.05) is 29.8 Å². The Kier molecular flexibility index (Phi) is 3.45. The number of rotatable bonds is 2. The maximum atomic E-state index is 6.15. The summed E-state index contributed by atoms with van der Waals surface area (Å²) in [5, 5.41) is 5.18. The summed E-state index contributed by atoms with van der Waals surface area (Å²) < 4.78 is 1.91. The molecule has 0 aliphatic carbocycles. The molecule has 1 aromatic heterocycles. The van der Waals surface area contributed by atoms with E-state index in [0.29, 0.717) is 10.9 Å². The Morgan fingerprint density at radius 1 is 1.24 bits per heavy atom. The number of alkyl halides is 1. The Labute approximate surface area is 111 Å². The third kappa shape index (κ3) is 2.20. The zero-order chi connectivity index (χ0) is 12.6. The van der Waals surface area contributed by atoms with Gasteiger partial charge in [-0.05, 0) is 44.0 Å². The van der Waals surface area contributed by atoms with Gasteiger partial charge in [0.05, 0.1) is 11.4 Å². The molecule has 1 aromatic carbocycles. The predicted molar refractivity (Wildman–Crippen MR) is 72.3 cm³/mol. The van der Waals surface area contributed by atoms with Gasteiger partial charge in [0.1, 0.15) is 0 Å². The molecular formula is C13H14Cl2N2. The molecule has 0 saturated carbocycles. The maximum absolute atomic E-state index is 6.15. The van der Waals surface area contributed by atoms with E-state index in [0.717, 1.165) is 22.6 Å². The second kappa shape index (κ2) is 4.71. The summed E-state index contributed by atoms with van der Waals surface area (Å²) in [6.07, 6.45) is 0. The van der Waals surface area contributed by atoms with Gasteiger partial charge in [-0.2, -0.15) is 5.10 Å². The molecule has 0 aliphatic rings. The van der Waals surface area contributed by atoms with E-state index >= 15 is 0 Å². The van der Waals surface area contributed by atoms with E-state index in [1.54, 1.807) is 0 Å². The highest BCUT2D eigenvalue weighted by Gasteiger charge is 2.10. The zero-order valence-electron chi connectivity index (χ0n) is 10.1. The van der Waals surface area contributed by atoms with Crippen LogP contribution in [-0.4, -0.2) is 9.78 Å². The second-order valence-electron chi connectivity index (χ2n) is 4.12. The predicted octanol–water partition coefficient (Wildman–Crippen LogP) is 4.19. The van der Waals surface area contributed by atoms with E-state index in [9.17, 15) is 0 Å². The van der Waals surface area contributed by atoms with E-state index in [4.69, 9.17) is 23.2 Å². The van der Waals surface area contributed by atoms with Gasteiger partial charge < -0.3 is 0 Å². The van der Waals surface area contributed by atoms with Gasteiger partial charge in [-0.1, -0.05) is 17.7 Å². The van der Waals surface area contributed by atoms with Crippen molar-refractivity contribution in [3.63, 3.8) is 0 Å². The van der Waals surface area contributed by atoms with Crippen molar-refractivity contribution in [3.05, 3.63) is 45.7 Å². The molecule has 2 nitrogen and oxygen atoms in total. The highest BCUT2D eigenvalue weighted by atomic mass is 35.5. The van der Waals surface area contributed by atoms with Crippen molar-refractivity contribution >= 4 is 23.2 Å². The van der Waals surface area contributed by atoms with Crippen LogP contribution in [0.5, 0.6) is 0 Å². The average Bonchev–Trinajstić information content (AvgIpc) is 2.57. The minimum absolute atomic E-state index is 0.426. The molecule has 2 aromatic rings. The first-order chi connectivity index (χ1) is 8.04. The first kappa shape index (κ1) is 12.5. The van der Waals surface area contributed by atoms with Gasteiger partial charge in [0.15, 0.2) is 0 Å². The molecule has 0 bridgehead atoms. The summed E-state index contributed by atoms with van der Waals surface area (Å²) >= 11 is 11.9. The first-order valence-corrected chi connectivity index (χ1v) is 6.33. The van der Waals surface area contributed by atoms with Crippen molar-refractivity contribution in [3.8, 4) is 5.69 Å².